The molecule has 0 aliphatic rings. The molecule has 0 aliphatic heterocycles. The molecule has 74 valence electrons. The van der Waals surface area contributed by atoms with Crippen LogP contribution in [0.25, 0.3) is 0 Å². The van der Waals surface area contributed by atoms with Crippen molar-refractivity contribution >= 4 is 5.78 Å². The number of carbonyl (C=O) groups excluding carboxylic acids is 1. The largest absolute Gasteiger partial charge is 0.295 e. The maximum absolute atomic E-state index is 11.1. The first-order chi connectivity index (χ1) is 6.47. The Bertz CT molecular complexity index is 344. The number of carbonyl (C=O) groups is 1. The molecule has 1 nitrogen and oxygen atoms in total. The van der Waals surface area contributed by atoms with E-state index in [4.69, 9.17) is 0 Å². The summed E-state index contributed by atoms with van der Waals surface area (Å²) in [5, 5.41) is 0. The smallest absolute Gasteiger partial charge is 0.159 e. The van der Waals surface area contributed by atoms with E-state index in [0.717, 1.165) is 5.56 Å². The van der Waals surface area contributed by atoms with E-state index in [1.54, 1.807) is 6.92 Å². The van der Waals surface area contributed by atoms with Crippen LogP contribution >= 0.6 is 0 Å². The lowest BCUT2D eigenvalue weighted by atomic mass is 9.84. The number of ketones is 1. The molecule has 1 aromatic rings. The summed E-state index contributed by atoms with van der Waals surface area (Å²) >= 11 is 0. The van der Waals surface area contributed by atoms with Crippen molar-refractivity contribution in [1.82, 2.24) is 0 Å². The van der Waals surface area contributed by atoms with Gasteiger partial charge in [0.15, 0.2) is 5.78 Å². The minimum Gasteiger partial charge on any atom is -0.295 e. The second-order valence-electron chi connectivity index (χ2n) is 4.06. The van der Waals surface area contributed by atoms with E-state index in [2.05, 4.69) is 20.4 Å². The fraction of sp³-hybridized carbons (Fsp3) is 0.308. The van der Waals surface area contributed by atoms with E-state index in [1.165, 1.54) is 5.56 Å². The van der Waals surface area contributed by atoms with Crippen molar-refractivity contribution < 1.29 is 4.79 Å². The Morgan fingerprint density at radius 3 is 2.14 bits per heavy atom. The molecule has 0 N–H and O–H groups in total. The van der Waals surface area contributed by atoms with E-state index in [9.17, 15) is 4.79 Å². The summed E-state index contributed by atoms with van der Waals surface area (Å²) in [6.45, 7) is 9.58. The first-order valence-electron chi connectivity index (χ1n) is 4.72. The van der Waals surface area contributed by atoms with Gasteiger partial charge in [0.25, 0.3) is 0 Å². The highest BCUT2D eigenvalue weighted by Gasteiger charge is 2.15. The summed E-state index contributed by atoms with van der Waals surface area (Å²) in [5.74, 6) is 0.105. The quantitative estimate of drug-likeness (QED) is 0.525. The van der Waals surface area contributed by atoms with Crippen LogP contribution in [0.5, 0.6) is 0 Å². The Balaban J connectivity index is 3.05. The van der Waals surface area contributed by atoms with E-state index in [1.807, 2.05) is 30.3 Å². The fourth-order valence-electron chi connectivity index (χ4n) is 1.25. The van der Waals surface area contributed by atoms with Gasteiger partial charge >= 0.3 is 0 Å². The average Bonchev–Trinajstić information content (AvgIpc) is 2.18. The number of rotatable bonds is 3. The summed E-state index contributed by atoms with van der Waals surface area (Å²) in [7, 11) is 0. The number of hydrogen-bond acceptors (Lipinski definition) is 1. The summed E-state index contributed by atoms with van der Waals surface area (Å²) in [5.41, 5.74) is 1.90. The highest BCUT2D eigenvalue weighted by molar-refractivity contribution is 5.94. The van der Waals surface area contributed by atoms with Gasteiger partial charge in [-0.05, 0) is 12.5 Å². The Morgan fingerprint density at radius 1 is 1.29 bits per heavy atom. The molecule has 1 aromatic carbocycles. The molecule has 0 radical (unpaired) electrons. The first-order valence-corrected chi connectivity index (χ1v) is 4.72. The van der Waals surface area contributed by atoms with Crippen molar-refractivity contribution in [3.8, 4) is 0 Å². The van der Waals surface area contributed by atoms with E-state index < -0.39 is 0 Å². The van der Waals surface area contributed by atoms with Gasteiger partial charge in [0.1, 0.15) is 0 Å². The monoisotopic (exact) mass is 188 g/mol. The number of Topliss-reactive ketones (excluding diaryl/α,β-unsaturated/α-hetero) is 1. The molecule has 0 aromatic heterocycles. The van der Waals surface area contributed by atoms with Gasteiger partial charge in [0.05, 0.1) is 0 Å². The molecular formula is C13H16O. The van der Waals surface area contributed by atoms with Crippen molar-refractivity contribution in [3.05, 3.63) is 48.0 Å². The van der Waals surface area contributed by atoms with Crippen molar-refractivity contribution in [2.75, 3.05) is 0 Å². The summed E-state index contributed by atoms with van der Waals surface area (Å²) in [6, 6.07) is 7.70. The fourth-order valence-corrected chi connectivity index (χ4v) is 1.25. The van der Waals surface area contributed by atoms with Crippen LogP contribution in [0.15, 0.2) is 36.9 Å². The molecule has 0 unspecified atom stereocenters. The van der Waals surface area contributed by atoms with Crippen LogP contribution in [0.2, 0.25) is 0 Å². The molecule has 0 saturated carbocycles. The third-order valence-corrected chi connectivity index (χ3v) is 2.55. The van der Waals surface area contributed by atoms with Crippen molar-refractivity contribution in [1.29, 1.82) is 0 Å². The van der Waals surface area contributed by atoms with E-state index >= 15 is 0 Å². The zero-order chi connectivity index (χ0) is 10.8. The second-order valence-corrected chi connectivity index (χ2v) is 4.06. The highest BCUT2D eigenvalue weighted by Crippen LogP contribution is 2.24. The highest BCUT2D eigenvalue weighted by atomic mass is 16.1. The van der Waals surface area contributed by atoms with Gasteiger partial charge in [-0.3, -0.25) is 4.79 Å². The van der Waals surface area contributed by atoms with Crippen molar-refractivity contribution in [2.45, 2.75) is 26.2 Å². The molecule has 14 heavy (non-hydrogen) atoms. The van der Waals surface area contributed by atoms with Crippen LogP contribution in [0.1, 0.15) is 36.7 Å². The molecule has 0 fully saturated rings. The molecule has 0 aliphatic carbocycles. The number of hydrogen-bond donors (Lipinski definition) is 0. The Hall–Kier alpha value is -1.37. The lowest BCUT2D eigenvalue weighted by Crippen LogP contribution is -2.12. The zero-order valence-corrected chi connectivity index (χ0v) is 9.00. The molecule has 0 bridgehead atoms. The van der Waals surface area contributed by atoms with E-state index in [0.29, 0.717) is 0 Å². The number of benzene rings is 1. The Kier molecular flexibility index (Phi) is 2.90. The third-order valence-electron chi connectivity index (χ3n) is 2.55. The topological polar surface area (TPSA) is 17.1 Å². The predicted octanol–water partition coefficient (Wildman–Crippen LogP) is 3.35. The maximum Gasteiger partial charge on any atom is 0.159 e. The second kappa shape index (κ2) is 3.79. The third kappa shape index (κ3) is 2.11. The van der Waals surface area contributed by atoms with Crippen molar-refractivity contribution in [2.24, 2.45) is 0 Å². The van der Waals surface area contributed by atoms with Crippen molar-refractivity contribution in [3.63, 3.8) is 0 Å². The zero-order valence-electron chi connectivity index (χ0n) is 9.00. The maximum atomic E-state index is 11.1. The van der Waals surface area contributed by atoms with E-state index in [-0.39, 0.29) is 11.2 Å². The lowest BCUT2D eigenvalue weighted by molar-refractivity contribution is 0.101. The van der Waals surface area contributed by atoms with Gasteiger partial charge in [-0.1, -0.05) is 44.2 Å². The number of allylic oxidation sites excluding steroid dienone is 1. The molecule has 0 atom stereocenters. The molecule has 0 saturated heterocycles. The van der Waals surface area contributed by atoms with Gasteiger partial charge in [-0.15, -0.1) is 6.58 Å². The SMILES string of the molecule is C=CC(C)(C)c1ccc(C(C)=O)cc1. The van der Waals surface area contributed by atoms with Gasteiger partial charge in [-0.2, -0.15) is 0 Å². The minimum atomic E-state index is -0.0324. The molecule has 0 amide bonds. The van der Waals surface area contributed by atoms with Crippen LogP contribution in [-0.2, 0) is 5.41 Å². The summed E-state index contributed by atoms with van der Waals surface area (Å²) in [6.07, 6.45) is 1.91. The van der Waals surface area contributed by atoms with Gasteiger partial charge in [0, 0.05) is 11.0 Å². The normalized spacial score (nSPS) is 11.1. The summed E-state index contributed by atoms with van der Waals surface area (Å²) < 4.78 is 0. The summed E-state index contributed by atoms with van der Waals surface area (Å²) in [4.78, 5) is 11.1. The average molecular weight is 188 g/mol. The van der Waals surface area contributed by atoms with Crippen LogP contribution in [0.3, 0.4) is 0 Å². The Labute approximate surface area is 85.5 Å². The standard InChI is InChI=1S/C13H16O/c1-5-13(3,4)12-8-6-11(7-9-12)10(2)14/h5-9H,1H2,2-4H3. The molecule has 0 spiro atoms. The van der Waals surface area contributed by atoms with Crippen LogP contribution in [0, 0.1) is 0 Å². The van der Waals surface area contributed by atoms with Gasteiger partial charge < -0.3 is 0 Å². The Morgan fingerprint density at radius 2 is 1.79 bits per heavy atom. The van der Waals surface area contributed by atoms with Crippen LogP contribution < -0.4 is 0 Å². The first kappa shape index (κ1) is 10.7. The predicted molar refractivity (Wildman–Crippen MR) is 59.7 cm³/mol. The van der Waals surface area contributed by atoms with Crippen LogP contribution in [0.4, 0.5) is 0 Å². The van der Waals surface area contributed by atoms with Gasteiger partial charge in [0.2, 0.25) is 0 Å². The molecule has 1 heteroatoms. The van der Waals surface area contributed by atoms with Crippen LogP contribution in [-0.4, -0.2) is 5.78 Å². The van der Waals surface area contributed by atoms with Gasteiger partial charge in [-0.25, -0.2) is 0 Å². The minimum absolute atomic E-state index is 0.0324. The lowest BCUT2D eigenvalue weighted by Gasteiger charge is -2.20. The molecular weight excluding hydrogens is 172 g/mol. The molecule has 1 rings (SSSR count). The molecule has 0 heterocycles.